The van der Waals surface area contributed by atoms with E-state index < -0.39 is 23.4 Å². The molecule has 0 radical (unpaired) electrons. The highest BCUT2D eigenvalue weighted by atomic mass is 19.4. The highest BCUT2D eigenvalue weighted by Crippen LogP contribution is 2.51. The Bertz CT molecular complexity index is 1010. The van der Waals surface area contributed by atoms with Gasteiger partial charge in [-0.3, -0.25) is 0 Å². The van der Waals surface area contributed by atoms with Crippen LogP contribution in [0.5, 0.6) is 0 Å². The van der Waals surface area contributed by atoms with Gasteiger partial charge in [-0.05, 0) is 55.9 Å². The first-order valence-electron chi connectivity index (χ1n) is 12.5. The Hall–Kier alpha value is -2.13. The third-order valence-corrected chi connectivity index (χ3v) is 7.96. The predicted molar refractivity (Wildman–Crippen MR) is 127 cm³/mol. The summed E-state index contributed by atoms with van der Waals surface area (Å²) in [5.41, 5.74) is 0.918. The smallest absolute Gasteiger partial charge is 0.396 e. The molecule has 0 bridgehead atoms. The van der Waals surface area contributed by atoms with Crippen LogP contribution < -0.4 is 5.32 Å². The van der Waals surface area contributed by atoms with Crippen LogP contribution in [0, 0.1) is 5.92 Å². The van der Waals surface area contributed by atoms with Crippen LogP contribution in [0.4, 0.5) is 18.9 Å². The van der Waals surface area contributed by atoms with E-state index in [1.807, 2.05) is 18.2 Å². The first-order valence-corrected chi connectivity index (χ1v) is 12.5. The number of nitrogens with one attached hydrogen (secondary N) is 1. The molecule has 4 atom stereocenters. The molecule has 0 aliphatic carbocycles. The molecule has 3 aliphatic heterocycles. The number of anilines is 1. The average Bonchev–Trinajstić information content (AvgIpc) is 2.85. The zero-order valence-corrected chi connectivity index (χ0v) is 19.7. The summed E-state index contributed by atoms with van der Waals surface area (Å²) in [7, 11) is 0. The summed E-state index contributed by atoms with van der Waals surface area (Å²) in [5, 5.41) is 23.3. The zero-order valence-electron chi connectivity index (χ0n) is 19.7. The summed E-state index contributed by atoms with van der Waals surface area (Å²) >= 11 is 0. The minimum absolute atomic E-state index is 0.0265. The van der Waals surface area contributed by atoms with Gasteiger partial charge in [-0.1, -0.05) is 30.3 Å². The maximum atomic E-state index is 13.5. The first-order chi connectivity index (χ1) is 16.8. The second kappa shape index (κ2) is 9.73. The van der Waals surface area contributed by atoms with Gasteiger partial charge >= 0.3 is 6.18 Å². The summed E-state index contributed by atoms with van der Waals surface area (Å²) in [6, 6.07) is 13.9. The third kappa shape index (κ3) is 5.21. The lowest BCUT2D eigenvalue weighted by molar-refractivity contribution is -0.138. The van der Waals surface area contributed by atoms with Gasteiger partial charge in [-0.25, -0.2) is 0 Å². The van der Waals surface area contributed by atoms with Crippen molar-refractivity contribution in [1.29, 1.82) is 0 Å². The molecule has 5 rings (SSSR count). The highest BCUT2D eigenvalue weighted by Gasteiger charge is 2.44. The van der Waals surface area contributed by atoms with E-state index in [9.17, 15) is 23.4 Å². The van der Waals surface area contributed by atoms with Crippen LogP contribution >= 0.6 is 0 Å². The summed E-state index contributed by atoms with van der Waals surface area (Å²) in [6.07, 6.45) is -1.65. The van der Waals surface area contributed by atoms with Crippen LogP contribution in [-0.2, 0) is 10.9 Å². The van der Waals surface area contributed by atoms with Crippen LogP contribution in [0.2, 0.25) is 0 Å². The van der Waals surface area contributed by atoms with E-state index in [-0.39, 0.29) is 24.7 Å². The largest absolute Gasteiger partial charge is 0.416 e. The Kier molecular flexibility index (Phi) is 6.83. The lowest BCUT2D eigenvalue weighted by Crippen LogP contribution is -2.49. The van der Waals surface area contributed by atoms with Gasteiger partial charge in [-0.15, -0.1) is 0 Å². The Morgan fingerprint density at radius 2 is 1.80 bits per heavy atom. The number of likely N-dealkylation sites (tertiary alicyclic amines) is 1. The van der Waals surface area contributed by atoms with Crippen LogP contribution in [0.1, 0.15) is 60.9 Å². The minimum Gasteiger partial charge on any atom is -0.396 e. The number of halogens is 3. The SMILES string of the molecule is OCCC1(O)CCN(C[C@H]2CC[C@@H]3[C@H](O2)c2cc(C(F)(F)F)ccc2N[C@H]3c2ccccc2)CC1. The molecule has 5 nitrogen and oxygen atoms in total. The Balaban J connectivity index is 1.37. The molecule has 0 unspecified atom stereocenters. The molecular formula is C27H33F3N2O3. The van der Waals surface area contributed by atoms with Crippen molar-refractivity contribution in [2.75, 3.05) is 31.6 Å². The van der Waals surface area contributed by atoms with Gasteiger partial charge in [-0.2, -0.15) is 13.2 Å². The molecule has 3 heterocycles. The fraction of sp³-hybridized carbons (Fsp3) is 0.556. The maximum Gasteiger partial charge on any atom is 0.416 e. The van der Waals surface area contributed by atoms with Crippen molar-refractivity contribution in [3.63, 3.8) is 0 Å². The fourth-order valence-electron chi connectivity index (χ4n) is 5.96. The van der Waals surface area contributed by atoms with E-state index in [4.69, 9.17) is 4.74 Å². The van der Waals surface area contributed by atoms with Gasteiger partial charge in [0.15, 0.2) is 0 Å². The number of aliphatic hydroxyl groups is 2. The lowest BCUT2D eigenvalue weighted by Gasteiger charge is -2.47. The van der Waals surface area contributed by atoms with E-state index in [1.54, 1.807) is 0 Å². The van der Waals surface area contributed by atoms with Gasteiger partial charge in [0, 0.05) is 43.4 Å². The molecule has 0 amide bonds. The zero-order chi connectivity index (χ0) is 24.6. The molecule has 0 spiro atoms. The van der Waals surface area contributed by atoms with Crippen LogP contribution in [0.15, 0.2) is 48.5 Å². The third-order valence-electron chi connectivity index (χ3n) is 7.96. The number of ether oxygens (including phenoxy) is 1. The molecule has 2 fully saturated rings. The maximum absolute atomic E-state index is 13.5. The van der Waals surface area contributed by atoms with Crippen molar-refractivity contribution in [3.8, 4) is 0 Å². The second-order valence-electron chi connectivity index (χ2n) is 10.3. The van der Waals surface area contributed by atoms with Crippen molar-refractivity contribution >= 4 is 5.69 Å². The van der Waals surface area contributed by atoms with Crippen LogP contribution in [0.3, 0.4) is 0 Å². The van der Waals surface area contributed by atoms with Crippen molar-refractivity contribution in [3.05, 3.63) is 65.2 Å². The quantitative estimate of drug-likeness (QED) is 0.556. The van der Waals surface area contributed by atoms with Gasteiger partial charge in [0.1, 0.15) is 0 Å². The van der Waals surface area contributed by atoms with Crippen molar-refractivity contribution in [1.82, 2.24) is 4.90 Å². The van der Waals surface area contributed by atoms with Crippen molar-refractivity contribution in [2.24, 2.45) is 5.92 Å². The highest BCUT2D eigenvalue weighted by molar-refractivity contribution is 5.58. The lowest BCUT2D eigenvalue weighted by atomic mass is 9.76. The summed E-state index contributed by atoms with van der Waals surface area (Å²) in [4.78, 5) is 2.26. The van der Waals surface area contributed by atoms with Gasteiger partial charge in [0.05, 0.1) is 29.4 Å². The molecule has 2 saturated heterocycles. The second-order valence-corrected chi connectivity index (χ2v) is 10.3. The van der Waals surface area contributed by atoms with Crippen molar-refractivity contribution < 1.29 is 28.1 Å². The van der Waals surface area contributed by atoms with E-state index in [0.717, 1.165) is 24.5 Å². The number of rotatable bonds is 5. The average molecular weight is 491 g/mol. The Labute approximate surface area is 203 Å². The molecule has 8 heteroatoms. The van der Waals surface area contributed by atoms with Crippen LogP contribution in [0.25, 0.3) is 0 Å². The van der Waals surface area contributed by atoms with E-state index >= 15 is 0 Å². The first kappa shape index (κ1) is 24.6. The molecule has 2 aromatic carbocycles. The summed E-state index contributed by atoms with van der Waals surface area (Å²) < 4.78 is 47.2. The van der Waals surface area contributed by atoms with Crippen molar-refractivity contribution in [2.45, 2.75) is 62.1 Å². The van der Waals surface area contributed by atoms with E-state index in [0.29, 0.717) is 50.1 Å². The number of hydrogen-bond acceptors (Lipinski definition) is 5. The molecule has 3 N–H and O–H groups in total. The molecule has 2 aromatic rings. The molecule has 0 saturated carbocycles. The van der Waals surface area contributed by atoms with E-state index in [2.05, 4.69) is 22.3 Å². The Morgan fingerprint density at radius 1 is 1.06 bits per heavy atom. The van der Waals surface area contributed by atoms with Gasteiger partial charge in [0.2, 0.25) is 0 Å². The normalized spacial score (nSPS) is 28.6. The predicted octanol–water partition coefficient (Wildman–Crippen LogP) is 4.92. The monoisotopic (exact) mass is 490 g/mol. The molecule has 3 aliphatic rings. The minimum atomic E-state index is -4.41. The number of hydrogen-bond donors (Lipinski definition) is 3. The summed E-state index contributed by atoms with van der Waals surface area (Å²) in [6.45, 7) is 2.10. The number of benzene rings is 2. The number of fused-ring (bicyclic) bond motifs is 3. The molecule has 190 valence electrons. The summed E-state index contributed by atoms with van der Waals surface area (Å²) in [5.74, 6) is 0.0284. The topological polar surface area (TPSA) is 65.0 Å². The van der Waals surface area contributed by atoms with E-state index in [1.165, 1.54) is 12.1 Å². The molecule has 0 aromatic heterocycles. The molecule has 35 heavy (non-hydrogen) atoms. The number of aliphatic hydroxyl groups excluding tert-OH is 1. The van der Waals surface area contributed by atoms with Crippen LogP contribution in [-0.4, -0.2) is 53.1 Å². The standard InChI is InChI=1S/C27H33F3N2O3/c28-27(29,30)19-6-9-23-22(16-19)25-21(24(31-23)18-4-2-1-3-5-18)8-7-20(35-25)17-32-13-10-26(34,11-14-32)12-15-33/h1-6,9,16,20-21,24-25,31,33-34H,7-8,10-15,17H2/t20-,21+,24+,25+/m1/s1. The number of alkyl halides is 3. The molecular weight excluding hydrogens is 457 g/mol. The fourth-order valence-corrected chi connectivity index (χ4v) is 5.96. The Morgan fingerprint density at radius 3 is 2.49 bits per heavy atom. The van der Waals surface area contributed by atoms with Gasteiger partial charge < -0.3 is 25.2 Å². The number of nitrogens with zero attached hydrogens (tertiary/aromatic N) is 1. The van der Waals surface area contributed by atoms with Gasteiger partial charge in [0.25, 0.3) is 0 Å². The number of piperidine rings is 1.